The van der Waals surface area contributed by atoms with Gasteiger partial charge in [-0.2, -0.15) is 0 Å². The van der Waals surface area contributed by atoms with E-state index in [0.717, 1.165) is 12.1 Å². The van der Waals surface area contributed by atoms with E-state index in [0.29, 0.717) is 6.54 Å². The highest BCUT2D eigenvalue weighted by Gasteiger charge is 2.19. The summed E-state index contributed by atoms with van der Waals surface area (Å²) in [4.78, 5) is 16.6. The lowest BCUT2D eigenvalue weighted by atomic mass is 10.2. The Morgan fingerprint density at radius 2 is 2.42 bits per heavy atom. The van der Waals surface area contributed by atoms with E-state index in [1.54, 1.807) is 7.05 Å². The minimum Gasteiger partial charge on any atom is -0.337 e. The van der Waals surface area contributed by atoms with Gasteiger partial charge in [0.25, 0.3) is 0 Å². The molecule has 2 amide bonds. The van der Waals surface area contributed by atoms with Crippen molar-refractivity contribution in [2.75, 3.05) is 13.6 Å². The van der Waals surface area contributed by atoms with Gasteiger partial charge in [0, 0.05) is 25.7 Å². The lowest BCUT2D eigenvalue weighted by Gasteiger charge is -2.26. The molecular formula is C8H13N3O. The number of rotatable bonds is 1. The second-order valence-electron chi connectivity index (χ2n) is 2.51. The van der Waals surface area contributed by atoms with Gasteiger partial charge in [-0.1, -0.05) is 6.08 Å². The molecule has 4 nitrogen and oxygen atoms in total. The lowest BCUT2D eigenvalue weighted by molar-refractivity contribution is 0.222. The van der Waals surface area contributed by atoms with E-state index in [-0.39, 0.29) is 6.03 Å². The fourth-order valence-corrected chi connectivity index (χ4v) is 1.16. The monoisotopic (exact) mass is 167 g/mol. The number of urea groups is 1. The van der Waals surface area contributed by atoms with E-state index in [4.69, 9.17) is 0 Å². The normalized spacial score (nSPS) is 22.0. The molecule has 0 unspecified atom stereocenters. The molecule has 0 aromatic heterocycles. The molecule has 0 bridgehead atoms. The molecule has 1 aliphatic rings. The highest BCUT2D eigenvalue weighted by molar-refractivity contribution is 5.89. The average molecular weight is 167 g/mol. The second kappa shape index (κ2) is 3.90. The van der Waals surface area contributed by atoms with Crippen molar-refractivity contribution in [2.45, 2.75) is 13.3 Å². The fourth-order valence-electron chi connectivity index (χ4n) is 1.16. The van der Waals surface area contributed by atoms with Gasteiger partial charge >= 0.3 is 6.03 Å². The maximum absolute atomic E-state index is 11.2. The zero-order chi connectivity index (χ0) is 8.97. The van der Waals surface area contributed by atoms with Crippen molar-refractivity contribution in [2.24, 2.45) is 4.99 Å². The molecule has 0 atom stereocenters. The lowest BCUT2D eigenvalue weighted by Crippen LogP contribution is -2.44. The smallest absolute Gasteiger partial charge is 0.326 e. The zero-order valence-corrected chi connectivity index (χ0v) is 7.37. The predicted octanol–water partition coefficient (Wildman–Crippen LogP) is 0.964. The van der Waals surface area contributed by atoms with Crippen molar-refractivity contribution < 1.29 is 4.79 Å². The second-order valence-corrected chi connectivity index (χ2v) is 2.51. The summed E-state index contributed by atoms with van der Waals surface area (Å²) in [5.41, 5.74) is 1.00. The van der Waals surface area contributed by atoms with Gasteiger partial charge in [-0.05, 0) is 6.92 Å². The molecule has 1 N–H and O–H groups in total. The Labute approximate surface area is 72.0 Å². The standard InChI is InChI=1S/C8H13N3O/c1-3-7-4-5-10-8(12)11(7)6-9-2/h3,6H,4-5H2,1-2H3,(H,10,12)/b7-3-,9-6?. The average Bonchev–Trinajstić information content (AvgIpc) is 2.09. The van der Waals surface area contributed by atoms with E-state index in [9.17, 15) is 4.79 Å². The van der Waals surface area contributed by atoms with Crippen LogP contribution >= 0.6 is 0 Å². The minimum absolute atomic E-state index is 0.0973. The van der Waals surface area contributed by atoms with Gasteiger partial charge in [-0.25, -0.2) is 4.79 Å². The van der Waals surface area contributed by atoms with E-state index in [1.807, 2.05) is 13.0 Å². The first-order valence-electron chi connectivity index (χ1n) is 3.94. The van der Waals surface area contributed by atoms with Crippen LogP contribution in [0.5, 0.6) is 0 Å². The summed E-state index contributed by atoms with van der Waals surface area (Å²) >= 11 is 0. The summed E-state index contributed by atoms with van der Waals surface area (Å²) < 4.78 is 0. The van der Waals surface area contributed by atoms with Crippen LogP contribution in [0.3, 0.4) is 0 Å². The number of amides is 2. The van der Waals surface area contributed by atoms with Crippen molar-refractivity contribution in [1.82, 2.24) is 10.2 Å². The first kappa shape index (κ1) is 8.77. The molecule has 0 aromatic rings. The number of nitrogens with one attached hydrogen (secondary N) is 1. The molecule has 0 spiro atoms. The molecule has 0 aromatic carbocycles. The molecule has 66 valence electrons. The van der Waals surface area contributed by atoms with Crippen LogP contribution in [0.15, 0.2) is 16.8 Å². The summed E-state index contributed by atoms with van der Waals surface area (Å²) in [6, 6.07) is -0.0973. The Hall–Kier alpha value is -1.32. The maximum Gasteiger partial charge on any atom is 0.326 e. The van der Waals surface area contributed by atoms with Crippen molar-refractivity contribution in [3.8, 4) is 0 Å². The number of carbonyl (C=O) groups excluding carboxylic acids is 1. The molecule has 0 aliphatic carbocycles. The van der Waals surface area contributed by atoms with Crippen LogP contribution in [0.2, 0.25) is 0 Å². The van der Waals surface area contributed by atoms with Gasteiger partial charge in [0.2, 0.25) is 0 Å². The summed E-state index contributed by atoms with van der Waals surface area (Å²) in [5, 5.41) is 2.74. The SMILES string of the molecule is C/C=C1/CCNC(=O)N1C=NC. The van der Waals surface area contributed by atoms with Crippen molar-refractivity contribution >= 4 is 12.4 Å². The van der Waals surface area contributed by atoms with Crippen LogP contribution in [0.1, 0.15) is 13.3 Å². The highest BCUT2D eigenvalue weighted by atomic mass is 16.2. The molecule has 1 fully saturated rings. The van der Waals surface area contributed by atoms with Gasteiger partial charge in [-0.15, -0.1) is 0 Å². The summed E-state index contributed by atoms with van der Waals surface area (Å²) in [5.74, 6) is 0. The van der Waals surface area contributed by atoms with Crippen molar-refractivity contribution in [3.63, 3.8) is 0 Å². The third-order valence-corrected chi connectivity index (χ3v) is 1.75. The molecule has 4 heteroatoms. The van der Waals surface area contributed by atoms with Gasteiger partial charge < -0.3 is 5.32 Å². The maximum atomic E-state index is 11.2. The number of allylic oxidation sites excluding steroid dienone is 1. The Morgan fingerprint density at radius 3 is 3.00 bits per heavy atom. The van der Waals surface area contributed by atoms with Gasteiger partial charge in [0.1, 0.15) is 0 Å². The third-order valence-electron chi connectivity index (χ3n) is 1.75. The topological polar surface area (TPSA) is 44.7 Å². The fraction of sp³-hybridized carbons (Fsp3) is 0.500. The Bertz CT molecular complexity index is 232. The number of carbonyl (C=O) groups is 1. The van der Waals surface area contributed by atoms with Gasteiger partial charge in [0.15, 0.2) is 0 Å². The van der Waals surface area contributed by atoms with E-state index < -0.39 is 0 Å². The molecule has 12 heavy (non-hydrogen) atoms. The predicted molar refractivity (Wildman–Crippen MR) is 48.0 cm³/mol. The Balaban J connectivity index is 2.80. The van der Waals surface area contributed by atoms with E-state index in [2.05, 4.69) is 10.3 Å². The summed E-state index contributed by atoms with van der Waals surface area (Å²) in [6.45, 7) is 2.64. The first-order valence-corrected chi connectivity index (χ1v) is 3.94. The highest BCUT2D eigenvalue weighted by Crippen LogP contribution is 2.10. The Kier molecular flexibility index (Phi) is 2.85. The van der Waals surface area contributed by atoms with Crippen LogP contribution in [-0.2, 0) is 0 Å². The quantitative estimate of drug-likeness (QED) is 0.459. The van der Waals surface area contributed by atoms with E-state index >= 15 is 0 Å². The Morgan fingerprint density at radius 1 is 1.67 bits per heavy atom. The van der Waals surface area contributed by atoms with Gasteiger partial charge in [-0.3, -0.25) is 9.89 Å². The largest absolute Gasteiger partial charge is 0.337 e. The minimum atomic E-state index is -0.0973. The van der Waals surface area contributed by atoms with Crippen LogP contribution < -0.4 is 5.32 Å². The van der Waals surface area contributed by atoms with Crippen LogP contribution in [-0.4, -0.2) is 30.9 Å². The summed E-state index contributed by atoms with van der Waals surface area (Å²) in [7, 11) is 1.65. The van der Waals surface area contributed by atoms with Crippen LogP contribution in [0.25, 0.3) is 0 Å². The number of aliphatic imine (C=N–C) groups is 1. The first-order chi connectivity index (χ1) is 5.79. The molecule has 1 saturated heterocycles. The van der Waals surface area contributed by atoms with Crippen molar-refractivity contribution in [3.05, 3.63) is 11.8 Å². The number of nitrogens with zero attached hydrogens (tertiary/aromatic N) is 2. The number of hydrogen-bond acceptors (Lipinski definition) is 2. The molecule has 1 rings (SSSR count). The number of hydrogen-bond donors (Lipinski definition) is 1. The van der Waals surface area contributed by atoms with E-state index in [1.165, 1.54) is 11.2 Å². The van der Waals surface area contributed by atoms with Crippen molar-refractivity contribution in [1.29, 1.82) is 0 Å². The third kappa shape index (κ3) is 1.64. The summed E-state index contributed by atoms with van der Waals surface area (Å²) in [6.07, 6.45) is 4.33. The molecule has 1 aliphatic heterocycles. The molecule has 1 heterocycles. The molecular weight excluding hydrogens is 154 g/mol. The van der Waals surface area contributed by atoms with Gasteiger partial charge in [0.05, 0.1) is 6.34 Å². The van der Waals surface area contributed by atoms with Crippen LogP contribution in [0.4, 0.5) is 4.79 Å². The molecule has 0 radical (unpaired) electrons. The van der Waals surface area contributed by atoms with Crippen LogP contribution in [0, 0.1) is 0 Å². The molecule has 0 saturated carbocycles. The zero-order valence-electron chi connectivity index (χ0n) is 7.37.